The lowest BCUT2D eigenvalue weighted by Gasteiger charge is -2.35. The number of hydrogen-bond donors (Lipinski definition) is 0. The van der Waals surface area contributed by atoms with Gasteiger partial charge in [-0.25, -0.2) is 0 Å². The number of halogens is 1. The maximum absolute atomic E-state index is 4.01. The van der Waals surface area contributed by atoms with Crippen LogP contribution >= 0.6 is 15.9 Å². The van der Waals surface area contributed by atoms with Gasteiger partial charge in [0.1, 0.15) is 0 Å². The summed E-state index contributed by atoms with van der Waals surface area (Å²) in [5.41, 5.74) is 15.3. The molecule has 1 nitrogen and oxygen atoms in total. The van der Waals surface area contributed by atoms with Crippen molar-refractivity contribution in [2.24, 2.45) is 0 Å². The molecule has 0 fully saturated rings. The second-order valence-corrected chi connectivity index (χ2v) is 13.9. The van der Waals surface area contributed by atoms with Gasteiger partial charge in [-0.2, -0.15) is 0 Å². The third kappa shape index (κ3) is 5.31. The SMILES string of the molecule is Brc1ccccc1C1(c2ccc(N(c3ccccc3)c3ccc(-c4ccccc4)cc3)cc2)c2ccccc2-c2cc(-c3ccccc3)ccc21. The van der Waals surface area contributed by atoms with E-state index in [9.17, 15) is 0 Å². The molecule has 0 saturated heterocycles. The highest BCUT2D eigenvalue weighted by Gasteiger charge is 2.47. The fraction of sp³-hybridized carbons (Fsp3) is 0.0204. The van der Waals surface area contributed by atoms with Gasteiger partial charge in [0, 0.05) is 21.5 Å². The van der Waals surface area contributed by atoms with E-state index >= 15 is 0 Å². The van der Waals surface area contributed by atoms with Crippen molar-refractivity contribution in [3.8, 4) is 33.4 Å². The van der Waals surface area contributed by atoms with Gasteiger partial charge in [0.2, 0.25) is 0 Å². The molecule has 0 aromatic heterocycles. The molecule has 0 amide bonds. The predicted octanol–water partition coefficient (Wildman–Crippen LogP) is 13.6. The molecular formula is C49H34BrN. The van der Waals surface area contributed by atoms with E-state index in [-0.39, 0.29) is 0 Å². The summed E-state index contributed by atoms with van der Waals surface area (Å²) in [5, 5.41) is 0. The van der Waals surface area contributed by atoms with Crippen LogP contribution in [-0.4, -0.2) is 0 Å². The van der Waals surface area contributed by atoms with E-state index in [0.29, 0.717) is 0 Å². The van der Waals surface area contributed by atoms with Crippen molar-refractivity contribution in [3.05, 3.63) is 233 Å². The zero-order chi connectivity index (χ0) is 34.2. The van der Waals surface area contributed by atoms with Gasteiger partial charge in [0.15, 0.2) is 0 Å². The number of benzene rings is 8. The summed E-state index contributed by atoms with van der Waals surface area (Å²) in [4.78, 5) is 2.34. The molecule has 1 unspecified atom stereocenters. The smallest absolute Gasteiger partial charge is 0.0724 e. The van der Waals surface area contributed by atoms with Crippen LogP contribution in [0.3, 0.4) is 0 Å². The first kappa shape index (κ1) is 31.1. The van der Waals surface area contributed by atoms with E-state index in [1.165, 1.54) is 55.6 Å². The number of hydrogen-bond acceptors (Lipinski definition) is 1. The summed E-state index contributed by atoms with van der Waals surface area (Å²) in [6.45, 7) is 0. The molecule has 1 aliphatic carbocycles. The summed E-state index contributed by atoms with van der Waals surface area (Å²) in [6, 6.07) is 74.6. The average molecular weight is 717 g/mol. The zero-order valence-electron chi connectivity index (χ0n) is 28.0. The Bertz CT molecular complexity index is 2460. The Morgan fingerprint density at radius 3 is 1.43 bits per heavy atom. The first-order chi connectivity index (χ1) is 25.2. The lowest BCUT2D eigenvalue weighted by Crippen LogP contribution is -2.29. The molecule has 242 valence electrons. The molecule has 9 rings (SSSR count). The molecule has 0 saturated carbocycles. The van der Waals surface area contributed by atoms with Crippen molar-refractivity contribution >= 4 is 33.0 Å². The highest BCUT2D eigenvalue weighted by atomic mass is 79.9. The largest absolute Gasteiger partial charge is 0.311 e. The van der Waals surface area contributed by atoms with Crippen molar-refractivity contribution in [1.29, 1.82) is 0 Å². The van der Waals surface area contributed by atoms with Crippen LogP contribution in [-0.2, 0) is 5.41 Å². The third-order valence-corrected chi connectivity index (χ3v) is 10.9. The Balaban J connectivity index is 1.21. The Morgan fingerprint density at radius 2 is 0.784 bits per heavy atom. The van der Waals surface area contributed by atoms with Crippen LogP contribution in [0.2, 0.25) is 0 Å². The van der Waals surface area contributed by atoms with Gasteiger partial charge in [-0.3, -0.25) is 0 Å². The van der Waals surface area contributed by atoms with Gasteiger partial charge in [0.05, 0.1) is 5.41 Å². The Labute approximate surface area is 308 Å². The molecule has 0 bridgehead atoms. The molecule has 0 N–H and O–H groups in total. The number of para-hydroxylation sites is 1. The molecule has 51 heavy (non-hydrogen) atoms. The fourth-order valence-corrected chi connectivity index (χ4v) is 8.52. The normalized spacial score (nSPS) is 14.5. The quantitative estimate of drug-likeness (QED) is 0.159. The molecule has 0 spiro atoms. The number of anilines is 3. The summed E-state index contributed by atoms with van der Waals surface area (Å²) < 4.78 is 1.09. The summed E-state index contributed by atoms with van der Waals surface area (Å²) in [7, 11) is 0. The zero-order valence-corrected chi connectivity index (χ0v) is 29.5. The van der Waals surface area contributed by atoms with E-state index in [1.54, 1.807) is 0 Å². The van der Waals surface area contributed by atoms with Crippen LogP contribution < -0.4 is 4.90 Å². The second kappa shape index (κ2) is 13.1. The molecule has 0 aliphatic heterocycles. The number of nitrogens with zero attached hydrogens (tertiary/aromatic N) is 1. The van der Waals surface area contributed by atoms with Crippen LogP contribution in [0.1, 0.15) is 22.3 Å². The minimum absolute atomic E-state index is 0.519. The van der Waals surface area contributed by atoms with E-state index < -0.39 is 5.41 Å². The van der Waals surface area contributed by atoms with Gasteiger partial charge in [0.25, 0.3) is 0 Å². The maximum atomic E-state index is 4.01. The van der Waals surface area contributed by atoms with Gasteiger partial charge < -0.3 is 4.90 Å². The second-order valence-electron chi connectivity index (χ2n) is 13.0. The van der Waals surface area contributed by atoms with Crippen molar-refractivity contribution in [2.75, 3.05) is 4.90 Å². The molecule has 8 aromatic carbocycles. The van der Waals surface area contributed by atoms with E-state index in [1.807, 2.05) is 0 Å². The highest BCUT2D eigenvalue weighted by molar-refractivity contribution is 9.10. The van der Waals surface area contributed by atoms with Gasteiger partial charge >= 0.3 is 0 Å². The van der Waals surface area contributed by atoms with Crippen molar-refractivity contribution in [2.45, 2.75) is 5.41 Å². The van der Waals surface area contributed by atoms with Gasteiger partial charge in [-0.05, 0) is 104 Å². The molecule has 1 aliphatic rings. The van der Waals surface area contributed by atoms with Crippen LogP contribution in [0.5, 0.6) is 0 Å². The molecule has 8 aromatic rings. The molecule has 1 atom stereocenters. The van der Waals surface area contributed by atoms with E-state index in [0.717, 1.165) is 21.5 Å². The average Bonchev–Trinajstić information content (AvgIpc) is 3.50. The van der Waals surface area contributed by atoms with Crippen LogP contribution in [0.4, 0.5) is 17.1 Å². The van der Waals surface area contributed by atoms with Crippen LogP contribution in [0.15, 0.2) is 211 Å². The number of fused-ring (bicyclic) bond motifs is 3. The lowest BCUT2D eigenvalue weighted by molar-refractivity contribution is 0.764. The van der Waals surface area contributed by atoms with Gasteiger partial charge in [-0.1, -0.05) is 174 Å². The summed E-state index contributed by atoms with van der Waals surface area (Å²) >= 11 is 4.01. The molecular weight excluding hydrogens is 682 g/mol. The number of rotatable bonds is 7. The third-order valence-electron chi connectivity index (χ3n) is 10.2. The molecule has 0 heterocycles. The molecule has 0 radical (unpaired) electrons. The first-order valence-electron chi connectivity index (χ1n) is 17.4. The van der Waals surface area contributed by atoms with E-state index in [2.05, 4.69) is 227 Å². The van der Waals surface area contributed by atoms with Crippen LogP contribution in [0, 0.1) is 0 Å². The fourth-order valence-electron chi connectivity index (χ4n) is 7.93. The van der Waals surface area contributed by atoms with Gasteiger partial charge in [-0.15, -0.1) is 0 Å². The Hall–Kier alpha value is -5.96. The standard InChI is InChI=1S/C49H34BrN/c50-48-23-13-12-22-47(48)49(45-21-11-10-20-43(45)44-34-38(26-33-46(44)49)36-16-6-2-7-17-36)39-27-31-42(32-28-39)51(40-18-8-3-9-19-40)41-29-24-37(25-30-41)35-14-4-1-5-15-35/h1-34H. The van der Waals surface area contributed by atoms with E-state index in [4.69, 9.17) is 0 Å². The predicted molar refractivity (Wildman–Crippen MR) is 217 cm³/mol. The minimum Gasteiger partial charge on any atom is -0.311 e. The highest BCUT2D eigenvalue weighted by Crippen LogP contribution is 2.58. The monoisotopic (exact) mass is 715 g/mol. The molecule has 2 heteroatoms. The van der Waals surface area contributed by atoms with Crippen molar-refractivity contribution in [1.82, 2.24) is 0 Å². The topological polar surface area (TPSA) is 3.24 Å². The Kier molecular flexibility index (Phi) is 7.95. The lowest BCUT2D eigenvalue weighted by atomic mass is 9.67. The van der Waals surface area contributed by atoms with Crippen LogP contribution in [0.25, 0.3) is 33.4 Å². The van der Waals surface area contributed by atoms with Crippen molar-refractivity contribution < 1.29 is 0 Å². The Morgan fingerprint density at radius 1 is 0.333 bits per heavy atom. The summed E-state index contributed by atoms with van der Waals surface area (Å²) in [5.74, 6) is 0. The maximum Gasteiger partial charge on any atom is 0.0724 e. The summed E-state index contributed by atoms with van der Waals surface area (Å²) in [6.07, 6.45) is 0. The first-order valence-corrected chi connectivity index (χ1v) is 18.2. The minimum atomic E-state index is -0.519. The van der Waals surface area contributed by atoms with Crippen molar-refractivity contribution in [3.63, 3.8) is 0 Å².